The Morgan fingerprint density at radius 2 is 1.92 bits per heavy atom. The van der Waals surface area contributed by atoms with Crippen LogP contribution in [0.4, 0.5) is 0 Å². The number of hydrogen-bond donors (Lipinski definition) is 1. The summed E-state index contributed by atoms with van der Waals surface area (Å²) in [4.78, 5) is 13.9. The second-order valence-corrected chi connectivity index (χ2v) is 3.42. The first-order chi connectivity index (χ1) is 6.20. The smallest absolute Gasteiger partial charge is 0.257 e. The lowest BCUT2D eigenvalue weighted by molar-refractivity contribution is 1.28. The number of H-pyrrole nitrogens is 1. The molecule has 0 bridgehead atoms. The van der Waals surface area contributed by atoms with E-state index in [1.165, 1.54) is 0 Å². The summed E-state index contributed by atoms with van der Waals surface area (Å²) in [5.74, 6) is 0. The van der Waals surface area contributed by atoms with Crippen LogP contribution in [0.1, 0.15) is 0 Å². The lowest BCUT2D eigenvalue weighted by Crippen LogP contribution is -2.04. The van der Waals surface area contributed by atoms with E-state index in [4.69, 9.17) is 23.2 Å². The fraction of sp³-hybridized carbons (Fsp3) is 0. The molecule has 2 rings (SSSR count). The van der Waals surface area contributed by atoms with Crippen molar-refractivity contribution in [1.29, 1.82) is 0 Å². The van der Waals surface area contributed by atoms with E-state index in [-0.39, 0.29) is 5.56 Å². The third-order valence-corrected chi connectivity index (χ3v) is 2.64. The van der Waals surface area contributed by atoms with Gasteiger partial charge in [0.15, 0.2) is 0 Å². The van der Waals surface area contributed by atoms with E-state index in [0.29, 0.717) is 15.4 Å². The van der Waals surface area contributed by atoms with Gasteiger partial charge in [0.2, 0.25) is 0 Å². The third-order valence-electron chi connectivity index (χ3n) is 1.83. The van der Waals surface area contributed by atoms with Crippen molar-refractivity contribution in [3.05, 3.63) is 44.8 Å². The minimum Gasteiger partial charge on any atom is -0.329 e. The molecule has 0 saturated carbocycles. The van der Waals surface area contributed by atoms with Crippen LogP contribution < -0.4 is 5.56 Å². The molecule has 4 heteroatoms. The highest BCUT2D eigenvalue weighted by Crippen LogP contribution is 2.27. The van der Waals surface area contributed by atoms with Gasteiger partial charge in [-0.15, -0.1) is 0 Å². The quantitative estimate of drug-likeness (QED) is 0.718. The van der Waals surface area contributed by atoms with Crippen LogP contribution in [-0.2, 0) is 0 Å². The van der Waals surface area contributed by atoms with E-state index in [1.54, 1.807) is 24.4 Å². The molecule has 1 aromatic heterocycles. The largest absolute Gasteiger partial charge is 0.329 e. The van der Waals surface area contributed by atoms with E-state index in [0.717, 1.165) is 5.39 Å². The number of aromatic nitrogens is 1. The molecular formula is C9H5Cl2NO. The summed E-state index contributed by atoms with van der Waals surface area (Å²) in [7, 11) is 0. The Balaban J connectivity index is 3.06. The Kier molecular flexibility index (Phi) is 2.02. The van der Waals surface area contributed by atoms with Gasteiger partial charge in [-0.25, -0.2) is 0 Å². The highest BCUT2D eigenvalue weighted by atomic mass is 35.5. The molecule has 0 aliphatic heterocycles. The fourth-order valence-electron chi connectivity index (χ4n) is 1.21. The minimum absolute atomic E-state index is 0.218. The van der Waals surface area contributed by atoms with Crippen LogP contribution in [0.5, 0.6) is 0 Å². The number of hydrogen-bond acceptors (Lipinski definition) is 1. The molecule has 0 radical (unpaired) electrons. The first-order valence-electron chi connectivity index (χ1n) is 3.65. The van der Waals surface area contributed by atoms with Crippen molar-refractivity contribution >= 4 is 34.0 Å². The molecule has 0 atom stereocenters. The van der Waals surface area contributed by atoms with Gasteiger partial charge < -0.3 is 4.98 Å². The zero-order valence-electron chi connectivity index (χ0n) is 6.47. The highest BCUT2D eigenvalue weighted by molar-refractivity contribution is 6.45. The van der Waals surface area contributed by atoms with Crippen LogP contribution in [0, 0.1) is 0 Å². The van der Waals surface area contributed by atoms with Crippen LogP contribution in [0.3, 0.4) is 0 Å². The number of fused-ring (bicyclic) bond motifs is 1. The number of pyridine rings is 1. The first kappa shape index (κ1) is 8.60. The van der Waals surface area contributed by atoms with Crippen molar-refractivity contribution in [2.24, 2.45) is 0 Å². The minimum atomic E-state index is -0.218. The van der Waals surface area contributed by atoms with E-state index in [9.17, 15) is 4.79 Å². The molecule has 1 heterocycles. The number of nitrogens with one attached hydrogen (secondary N) is 1. The first-order valence-corrected chi connectivity index (χ1v) is 4.41. The Morgan fingerprint density at radius 3 is 2.69 bits per heavy atom. The predicted octanol–water partition coefficient (Wildman–Crippen LogP) is 2.83. The molecule has 2 aromatic rings. The van der Waals surface area contributed by atoms with Gasteiger partial charge in [-0.2, -0.15) is 0 Å². The normalized spacial score (nSPS) is 10.6. The summed E-state index contributed by atoms with van der Waals surface area (Å²) in [5.41, 5.74) is -0.218. The highest BCUT2D eigenvalue weighted by Gasteiger charge is 2.05. The van der Waals surface area contributed by atoms with Gasteiger partial charge in [-0.05, 0) is 17.5 Å². The lowest BCUT2D eigenvalue weighted by atomic mass is 10.2. The van der Waals surface area contributed by atoms with Crippen LogP contribution in [0.2, 0.25) is 10.0 Å². The average Bonchev–Trinajstić information content (AvgIpc) is 2.12. The molecular weight excluding hydrogens is 209 g/mol. The molecule has 13 heavy (non-hydrogen) atoms. The van der Waals surface area contributed by atoms with E-state index < -0.39 is 0 Å². The molecule has 0 spiro atoms. The molecule has 0 aliphatic rings. The predicted molar refractivity (Wildman–Crippen MR) is 54.6 cm³/mol. The second kappa shape index (κ2) is 3.05. The van der Waals surface area contributed by atoms with Crippen molar-refractivity contribution in [3.63, 3.8) is 0 Å². The number of rotatable bonds is 0. The molecule has 0 saturated heterocycles. The van der Waals surface area contributed by atoms with Crippen LogP contribution >= 0.6 is 23.2 Å². The maximum Gasteiger partial charge on any atom is 0.257 e. The van der Waals surface area contributed by atoms with E-state index >= 15 is 0 Å². The zero-order valence-corrected chi connectivity index (χ0v) is 7.99. The monoisotopic (exact) mass is 213 g/mol. The summed E-state index contributed by atoms with van der Waals surface area (Å²) in [6, 6.07) is 5.21. The van der Waals surface area contributed by atoms with Crippen molar-refractivity contribution in [2.75, 3.05) is 0 Å². The van der Waals surface area contributed by atoms with Gasteiger partial charge in [0, 0.05) is 6.20 Å². The standard InChI is InChI=1S/C9H5Cl2NO/c10-6-2-1-5-3-4-12-9(13)7(5)8(6)11/h1-4H,(H,12,13). The van der Waals surface area contributed by atoms with Gasteiger partial charge in [0.25, 0.3) is 5.56 Å². The van der Waals surface area contributed by atoms with Crippen LogP contribution in [0.25, 0.3) is 10.8 Å². The van der Waals surface area contributed by atoms with Crippen LogP contribution in [0.15, 0.2) is 29.2 Å². The average molecular weight is 214 g/mol. The zero-order chi connectivity index (χ0) is 9.42. The van der Waals surface area contributed by atoms with E-state index in [1.807, 2.05) is 0 Å². The maximum atomic E-state index is 11.4. The lowest BCUT2D eigenvalue weighted by Gasteiger charge is -1.99. The topological polar surface area (TPSA) is 32.9 Å². The Morgan fingerprint density at radius 1 is 1.15 bits per heavy atom. The number of aromatic amines is 1. The van der Waals surface area contributed by atoms with Crippen LogP contribution in [-0.4, -0.2) is 4.98 Å². The molecule has 0 amide bonds. The summed E-state index contributed by atoms with van der Waals surface area (Å²) < 4.78 is 0. The van der Waals surface area contributed by atoms with Crippen molar-refractivity contribution in [2.45, 2.75) is 0 Å². The van der Waals surface area contributed by atoms with Crippen molar-refractivity contribution in [3.8, 4) is 0 Å². The summed E-state index contributed by atoms with van der Waals surface area (Å²) in [6.45, 7) is 0. The summed E-state index contributed by atoms with van der Waals surface area (Å²) in [6.07, 6.45) is 1.58. The molecule has 0 aliphatic carbocycles. The molecule has 1 N–H and O–H groups in total. The molecule has 1 aromatic carbocycles. The Labute approximate surface area is 84.1 Å². The van der Waals surface area contributed by atoms with Gasteiger partial charge in [-0.1, -0.05) is 29.3 Å². The third kappa shape index (κ3) is 1.32. The summed E-state index contributed by atoms with van der Waals surface area (Å²) >= 11 is 11.7. The van der Waals surface area contributed by atoms with Gasteiger partial charge in [-0.3, -0.25) is 4.79 Å². The van der Waals surface area contributed by atoms with E-state index in [2.05, 4.69) is 4.98 Å². The molecule has 0 fully saturated rings. The molecule has 66 valence electrons. The Bertz CT molecular complexity index is 518. The van der Waals surface area contributed by atoms with Crippen molar-refractivity contribution < 1.29 is 0 Å². The second-order valence-electron chi connectivity index (χ2n) is 2.63. The van der Waals surface area contributed by atoms with Gasteiger partial charge >= 0.3 is 0 Å². The number of halogens is 2. The fourth-order valence-corrected chi connectivity index (χ4v) is 1.63. The van der Waals surface area contributed by atoms with Gasteiger partial charge in [0.1, 0.15) is 0 Å². The maximum absolute atomic E-state index is 11.4. The summed E-state index contributed by atoms with van der Waals surface area (Å²) in [5, 5.41) is 1.93. The molecule has 2 nitrogen and oxygen atoms in total. The van der Waals surface area contributed by atoms with Crippen molar-refractivity contribution in [1.82, 2.24) is 4.98 Å². The Hall–Kier alpha value is -0.990. The number of benzene rings is 1. The molecule has 0 unspecified atom stereocenters. The SMILES string of the molecule is O=c1[nH]ccc2ccc(Cl)c(Cl)c12. The van der Waals surface area contributed by atoms with Gasteiger partial charge in [0.05, 0.1) is 15.4 Å².